The van der Waals surface area contributed by atoms with Crippen molar-refractivity contribution in [1.29, 1.82) is 0 Å². The number of oxazole rings is 1. The van der Waals surface area contributed by atoms with E-state index in [-0.39, 0.29) is 6.10 Å². The van der Waals surface area contributed by atoms with Crippen molar-refractivity contribution in [2.24, 2.45) is 5.92 Å². The van der Waals surface area contributed by atoms with Crippen LogP contribution in [0.25, 0.3) is 11.3 Å². The van der Waals surface area contributed by atoms with Gasteiger partial charge in [0, 0.05) is 30.5 Å². The minimum atomic E-state index is -0.411. The van der Waals surface area contributed by atoms with Crippen molar-refractivity contribution >= 4 is 23.5 Å². The average Bonchev–Trinajstić information content (AvgIpc) is 3.53. The Balaban J connectivity index is 1.30. The average molecular weight is 564 g/mol. The summed E-state index contributed by atoms with van der Waals surface area (Å²) in [4.78, 5) is 31.7. The standard InChI is InChI=1S/C31H41N5O5/c1-4-36(5-2)20-29(23-11-7-6-8-12-23)41-31(38)33-18-22-10-9-13-24(16-22)34-30(37)35-25-14-15-26(27(17-25)39-3)28-19-32-21-40-28/h9-10,13-17,19,21,23,29H,4-8,11-12,18,20H2,1-3H3,(H,33,38)(H2,34,35,37). The summed E-state index contributed by atoms with van der Waals surface area (Å²) in [5.74, 6) is 1.52. The van der Waals surface area contributed by atoms with Crippen LogP contribution in [0.15, 0.2) is 59.5 Å². The highest BCUT2D eigenvalue weighted by molar-refractivity contribution is 6.00. The second-order valence-corrected chi connectivity index (χ2v) is 10.2. The first-order valence-electron chi connectivity index (χ1n) is 14.4. The van der Waals surface area contributed by atoms with E-state index in [2.05, 4.69) is 39.7 Å². The zero-order valence-corrected chi connectivity index (χ0v) is 24.2. The second kappa shape index (κ2) is 15.1. The van der Waals surface area contributed by atoms with Crippen LogP contribution in [-0.4, -0.2) is 54.9 Å². The Morgan fingerprint density at radius 2 is 1.80 bits per heavy atom. The third kappa shape index (κ3) is 8.72. The molecule has 0 spiro atoms. The Morgan fingerprint density at radius 1 is 1.05 bits per heavy atom. The summed E-state index contributed by atoms with van der Waals surface area (Å²) in [6.45, 7) is 7.18. The smallest absolute Gasteiger partial charge is 0.407 e. The summed E-state index contributed by atoms with van der Waals surface area (Å²) in [6.07, 6.45) is 8.28. The molecule has 220 valence electrons. The van der Waals surface area contributed by atoms with Gasteiger partial charge in [-0.25, -0.2) is 14.6 Å². The molecule has 0 aliphatic heterocycles. The van der Waals surface area contributed by atoms with Crippen LogP contribution >= 0.6 is 0 Å². The van der Waals surface area contributed by atoms with Crippen molar-refractivity contribution in [3.63, 3.8) is 0 Å². The Kier molecular flexibility index (Phi) is 11.0. The molecule has 1 fully saturated rings. The number of likely N-dealkylation sites (N-methyl/N-ethyl adjacent to an activating group) is 1. The first kappa shape index (κ1) is 29.9. The van der Waals surface area contributed by atoms with E-state index in [4.69, 9.17) is 13.9 Å². The van der Waals surface area contributed by atoms with Crippen LogP contribution < -0.4 is 20.7 Å². The van der Waals surface area contributed by atoms with Crippen LogP contribution in [0.1, 0.15) is 51.5 Å². The van der Waals surface area contributed by atoms with Crippen molar-refractivity contribution in [3.05, 3.63) is 60.6 Å². The molecule has 1 heterocycles. The molecule has 0 saturated heterocycles. The molecule has 41 heavy (non-hydrogen) atoms. The first-order chi connectivity index (χ1) is 20.0. The molecule has 1 atom stereocenters. The number of rotatable bonds is 12. The molecular weight excluding hydrogens is 522 g/mol. The number of nitrogens with one attached hydrogen (secondary N) is 3. The Labute approximate surface area is 241 Å². The molecule has 1 aliphatic rings. The van der Waals surface area contributed by atoms with Crippen LogP contribution in [0.5, 0.6) is 5.75 Å². The van der Waals surface area contributed by atoms with Gasteiger partial charge in [-0.2, -0.15) is 0 Å². The Bertz CT molecular complexity index is 1260. The van der Waals surface area contributed by atoms with Gasteiger partial charge in [0.2, 0.25) is 0 Å². The molecule has 1 aliphatic carbocycles. The van der Waals surface area contributed by atoms with Gasteiger partial charge in [-0.1, -0.05) is 45.2 Å². The number of anilines is 2. The number of methoxy groups -OCH3 is 1. The third-order valence-corrected chi connectivity index (χ3v) is 7.55. The summed E-state index contributed by atoms with van der Waals surface area (Å²) in [5.41, 5.74) is 2.73. The molecule has 10 heteroatoms. The molecule has 0 bridgehead atoms. The highest BCUT2D eigenvalue weighted by Crippen LogP contribution is 2.32. The molecule has 3 N–H and O–H groups in total. The van der Waals surface area contributed by atoms with E-state index in [0.29, 0.717) is 35.3 Å². The monoisotopic (exact) mass is 563 g/mol. The van der Waals surface area contributed by atoms with Crippen molar-refractivity contribution in [1.82, 2.24) is 15.2 Å². The summed E-state index contributed by atoms with van der Waals surface area (Å²) >= 11 is 0. The van der Waals surface area contributed by atoms with Gasteiger partial charge in [0.1, 0.15) is 11.9 Å². The quantitative estimate of drug-likeness (QED) is 0.230. The number of amides is 3. The Morgan fingerprint density at radius 3 is 2.49 bits per heavy atom. The maximum absolute atomic E-state index is 12.8. The maximum atomic E-state index is 12.8. The molecular formula is C31H41N5O5. The fraction of sp³-hybridized carbons (Fsp3) is 0.452. The lowest BCUT2D eigenvalue weighted by Crippen LogP contribution is -2.42. The number of carbonyl (C=O) groups is 2. The molecule has 3 amide bonds. The number of alkyl carbamates (subject to hydrolysis) is 1. The number of nitrogens with zero attached hydrogens (tertiary/aromatic N) is 2. The normalized spacial score (nSPS) is 14.3. The number of aromatic nitrogens is 1. The van der Waals surface area contributed by atoms with E-state index in [1.54, 1.807) is 37.6 Å². The lowest BCUT2D eigenvalue weighted by atomic mass is 9.85. The van der Waals surface area contributed by atoms with Crippen LogP contribution in [0.4, 0.5) is 21.0 Å². The summed E-state index contributed by atoms with van der Waals surface area (Å²) in [5, 5.41) is 8.55. The van der Waals surface area contributed by atoms with Crippen molar-refractivity contribution in [2.75, 3.05) is 37.4 Å². The van der Waals surface area contributed by atoms with E-state index in [0.717, 1.165) is 43.6 Å². The SMILES string of the molecule is CCN(CC)CC(OC(=O)NCc1cccc(NC(=O)Nc2ccc(-c3cnco3)c(OC)c2)c1)C1CCCCC1. The highest BCUT2D eigenvalue weighted by Gasteiger charge is 2.28. The zero-order valence-electron chi connectivity index (χ0n) is 24.2. The van der Waals surface area contributed by atoms with E-state index >= 15 is 0 Å². The number of urea groups is 1. The summed E-state index contributed by atoms with van der Waals surface area (Å²) in [7, 11) is 1.55. The summed E-state index contributed by atoms with van der Waals surface area (Å²) < 4.78 is 16.8. The predicted molar refractivity (Wildman–Crippen MR) is 159 cm³/mol. The van der Waals surface area contributed by atoms with Gasteiger partial charge in [-0.15, -0.1) is 0 Å². The molecule has 1 saturated carbocycles. The largest absolute Gasteiger partial charge is 0.496 e. The summed E-state index contributed by atoms with van der Waals surface area (Å²) in [6, 6.07) is 12.2. The lowest BCUT2D eigenvalue weighted by molar-refractivity contribution is 0.0251. The number of ether oxygens (including phenoxy) is 2. The van der Waals surface area contributed by atoms with E-state index in [1.165, 1.54) is 25.7 Å². The lowest BCUT2D eigenvalue weighted by Gasteiger charge is -2.33. The maximum Gasteiger partial charge on any atom is 0.407 e. The van der Waals surface area contributed by atoms with Crippen LogP contribution in [-0.2, 0) is 11.3 Å². The molecule has 10 nitrogen and oxygen atoms in total. The van der Waals surface area contributed by atoms with Gasteiger partial charge < -0.3 is 34.7 Å². The number of benzene rings is 2. The van der Waals surface area contributed by atoms with Gasteiger partial charge in [0.05, 0.1) is 18.9 Å². The zero-order chi connectivity index (χ0) is 29.0. The minimum absolute atomic E-state index is 0.115. The molecule has 4 rings (SSSR count). The van der Waals surface area contributed by atoms with Crippen molar-refractivity contribution < 1.29 is 23.5 Å². The topological polar surface area (TPSA) is 118 Å². The highest BCUT2D eigenvalue weighted by atomic mass is 16.6. The molecule has 3 aromatic rings. The predicted octanol–water partition coefficient (Wildman–Crippen LogP) is 6.51. The van der Waals surface area contributed by atoms with Gasteiger partial charge in [-0.3, -0.25) is 0 Å². The number of hydrogen-bond donors (Lipinski definition) is 3. The second-order valence-electron chi connectivity index (χ2n) is 10.2. The molecule has 1 unspecified atom stereocenters. The van der Waals surface area contributed by atoms with E-state index in [1.807, 2.05) is 18.2 Å². The van der Waals surface area contributed by atoms with Gasteiger partial charge in [0.25, 0.3) is 0 Å². The first-order valence-corrected chi connectivity index (χ1v) is 14.4. The van der Waals surface area contributed by atoms with Gasteiger partial charge in [0.15, 0.2) is 12.2 Å². The molecule has 1 aromatic heterocycles. The van der Waals surface area contributed by atoms with Crippen molar-refractivity contribution in [2.45, 2.75) is 58.6 Å². The Hall–Kier alpha value is -4.05. The van der Waals surface area contributed by atoms with Crippen LogP contribution in [0, 0.1) is 5.92 Å². The van der Waals surface area contributed by atoms with Crippen molar-refractivity contribution in [3.8, 4) is 17.1 Å². The fourth-order valence-electron chi connectivity index (χ4n) is 5.25. The van der Waals surface area contributed by atoms with E-state index in [9.17, 15) is 9.59 Å². The van der Waals surface area contributed by atoms with Gasteiger partial charge in [-0.05, 0) is 61.7 Å². The van der Waals surface area contributed by atoms with E-state index < -0.39 is 12.1 Å². The third-order valence-electron chi connectivity index (χ3n) is 7.55. The van der Waals surface area contributed by atoms with Crippen LogP contribution in [0.3, 0.4) is 0 Å². The number of carbonyl (C=O) groups excluding carboxylic acids is 2. The van der Waals surface area contributed by atoms with Gasteiger partial charge >= 0.3 is 12.1 Å². The fourth-order valence-corrected chi connectivity index (χ4v) is 5.25. The minimum Gasteiger partial charge on any atom is -0.496 e. The number of hydrogen-bond acceptors (Lipinski definition) is 7. The molecule has 2 aromatic carbocycles. The van der Waals surface area contributed by atoms with Crippen LogP contribution in [0.2, 0.25) is 0 Å². The molecule has 0 radical (unpaired) electrons.